The van der Waals surface area contributed by atoms with Crippen LogP contribution in [0.15, 0.2) is 41.3 Å². The molecular weight excluding hydrogens is 393 g/mol. The molecular formula is C21H24FN3OS2. The Bertz CT molecular complexity index is 970. The number of hydrogen-bond acceptors (Lipinski definition) is 5. The molecule has 0 bridgehead atoms. The minimum Gasteiger partial charge on any atom is -0.308 e. The SMILES string of the molecule is Cc1cc(C)c2sc(N(CCN(C)C)C(=O)CSc3ccc(F)cc3)nc2c1. The quantitative estimate of drug-likeness (QED) is 0.520. The van der Waals surface area contributed by atoms with Gasteiger partial charge in [-0.2, -0.15) is 0 Å². The van der Waals surface area contributed by atoms with Crippen LogP contribution >= 0.6 is 23.1 Å². The Morgan fingerprint density at radius 3 is 2.54 bits per heavy atom. The molecule has 0 aliphatic heterocycles. The van der Waals surface area contributed by atoms with Crippen LogP contribution in [0.4, 0.5) is 9.52 Å². The maximum absolute atomic E-state index is 13.1. The van der Waals surface area contributed by atoms with Gasteiger partial charge in [0.25, 0.3) is 0 Å². The van der Waals surface area contributed by atoms with Crippen LogP contribution < -0.4 is 4.90 Å². The van der Waals surface area contributed by atoms with Crippen molar-refractivity contribution in [3.05, 3.63) is 53.3 Å². The van der Waals surface area contributed by atoms with E-state index in [4.69, 9.17) is 4.98 Å². The molecule has 2 aromatic carbocycles. The fourth-order valence-electron chi connectivity index (χ4n) is 2.86. The van der Waals surface area contributed by atoms with Crippen LogP contribution in [0.2, 0.25) is 0 Å². The summed E-state index contributed by atoms with van der Waals surface area (Å²) in [5, 5.41) is 0.732. The lowest BCUT2D eigenvalue weighted by Crippen LogP contribution is -2.37. The lowest BCUT2D eigenvalue weighted by atomic mass is 10.1. The summed E-state index contributed by atoms with van der Waals surface area (Å²) in [6, 6.07) is 10.4. The van der Waals surface area contributed by atoms with Crippen LogP contribution in [-0.4, -0.2) is 48.7 Å². The van der Waals surface area contributed by atoms with E-state index in [1.165, 1.54) is 35.0 Å². The summed E-state index contributed by atoms with van der Waals surface area (Å²) in [7, 11) is 3.98. The van der Waals surface area contributed by atoms with E-state index in [1.807, 2.05) is 14.1 Å². The minimum absolute atomic E-state index is 0.00426. The zero-order chi connectivity index (χ0) is 20.3. The molecule has 28 heavy (non-hydrogen) atoms. The average molecular weight is 418 g/mol. The predicted octanol–water partition coefficient (Wildman–Crippen LogP) is 4.74. The van der Waals surface area contributed by atoms with Gasteiger partial charge in [-0.15, -0.1) is 11.8 Å². The molecule has 1 aromatic heterocycles. The van der Waals surface area contributed by atoms with E-state index < -0.39 is 0 Å². The number of likely N-dealkylation sites (N-methyl/N-ethyl adjacent to an activating group) is 1. The highest BCUT2D eigenvalue weighted by Crippen LogP contribution is 2.32. The first-order valence-corrected chi connectivity index (χ1v) is 10.8. The highest BCUT2D eigenvalue weighted by Gasteiger charge is 2.20. The number of carbonyl (C=O) groups excluding carboxylic acids is 1. The summed E-state index contributed by atoms with van der Waals surface area (Å²) in [6.45, 7) is 5.46. The number of amides is 1. The molecule has 3 rings (SSSR count). The molecule has 1 heterocycles. The van der Waals surface area contributed by atoms with E-state index in [0.717, 1.165) is 26.8 Å². The first kappa shape index (κ1) is 20.8. The number of carbonyl (C=O) groups is 1. The molecule has 0 aliphatic rings. The fourth-order valence-corrected chi connectivity index (χ4v) is 4.69. The van der Waals surface area contributed by atoms with Gasteiger partial charge in [0.2, 0.25) is 5.91 Å². The van der Waals surface area contributed by atoms with Crippen molar-refractivity contribution < 1.29 is 9.18 Å². The molecule has 0 N–H and O–H groups in total. The first-order valence-electron chi connectivity index (χ1n) is 9.05. The standard InChI is InChI=1S/C21H24FN3OS2/c1-14-11-15(2)20-18(12-14)23-21(28-20)25(10-9-24(3)4)19(26)13-27-17-7-5-16(22)6-8-17/h5-8,11-12H,9-10,13H2,1-4H3. The Hall–Kier alpha value is -1.96. The Labute approximate surface area is 173 Å². The highest BCUT2D eigenvalue weighted by atomic mass is 32.2. The van der Waals surface area contributed by atoms with Crippen LogP contribution in [0.1, 0.15) is 11.1 Å². The van der Waals surface area contributed by atoms with Crippen LogP contribution in [0.5, 0.6) is 0 Å². The van der Waals surface area contributed by atoms with Crippen molar-refractivity contribution in [3.8, 4) is 0 Å². The Kier molecular flexibility index (Phi) is 6.69. The third-order valence-electron chi connectivity index (χ3n) is 4.29. The third-order valence-corrected chi connectivity index (χ3v) is 6.51. The van der Waals surface area contributed by atoms with Gasteiger partial charge in [-0.1, -0.05) is 17.4 Å². The monoisotopic (exact) mass is 417 g/mol. The average Bonchev–Trinajstić information content (AvgIpc) is 3.05. The van der Waals surface area contributed by atoms with E-state index in [0.29, 0.717) is 6.54 Å². The summed E-state index contributed by atoms with van der Waals surface area (Å²) < 4.78 is 14.2. The lowest BCUT2D eigenvalue weighted by Gasteiger charge is -2.21. The van der Waals surface area contributed by atoms with Crippen molar-refractivity contribution in [1.29, 1.82) is 0 Å². The summed E-state index contributed by atoms with van der Waals surface area (Å²) in [6.07, 6.45) is 0. The number of aryl methyl sites for hydroxylation is 2. The smallest absolute Gasteiger partial charge is 0.239 e. The van der Waals surface area contributed by atoms with Gasteiger partial charge in [0.05, 0.1) is 16.0 Å². The number of halogens is 1. The van der Waals surface area contributed by atoms with Gasteiger partial charge in [-0.05, 0) is 69.4 Å². The van der Waals surface area contributed by atoms with E-state index >= 15 is 0 Å². The summed E-state index contributed by atoms with van der Waals surface area (Å²) in [5.41, 5.74) is 3.28. The Morgan fingerprint density at radius 1 is 1.14 bits per heavy atom. The van der Waals surface area contributed by atoms with Gasteiger partial charge in [-0.25, -0.2) is 9.37 Å². The first-order chi connectivity index (χ1) is 13.3. The normalized spacial score (nSPS) is 11.4. The van der Waals surface area contributed by atoms with Crippen LogP contribution in [0.3, 0.4) is 0 Å². The van der Waals surface area contributed by atoms with Gasteiger partial charge in [-0.3, -0.25) is 9.69 Å². The van der Waals surface area contributed by atoms with Gasteiger partial charge in [0.1, 0.15) is 5.82 Å². The molecule has 0 saturated carbocycles. The van der Waals surface area contributed by atoms with E-state index in [9.17, 15) is 9.18 Å². The number of aromatic nitrogens is 1. The molecule has 7 heteroatoms. The molecule has 0 spiro atoms. The molecule has 0 aliphatic carbocycles. The number of rotatable bonds is 7. The van der Waals surface area contributed by atoms with Crippen molar-refractivity contribution in [2.24, 2.45) is 0 Å². The summed E-state index contributed by atoms with van der Waals surface area (Å²) >= 11 is 2.97. The molecule has 148 valence electrons. The van der Waals surface area contributed by atoms with Gasteiger partial charge in [0.15, 0.2) is 5.13 Å². The second-order valence-electron chi connectivity index (χ2n) is 7.02. The second-order valence-corrected chi connectivity index (χ2v) is 9.04. The second kappa shape index (κ2) is 9.03. The molecule has 0 radical (unpaired) electrons. The number of thioether (sulfide) groups is 1. The molecule has 0 unspecified atom stereocenters. The number of benzene rings is 2. The zero-order valence-electron chi connectivity index (χ0n) is 16.5. The predicted molar refractivity (Wildman–Crippen MR) is 117 cm³/mol. The highest BCUT2D eigenvalue weighted by molar-refractivity contribution is 8.00. The molecule has 4 nitrogen and oxygen atoms in total. The minimum atomic E-state index is -0.275. The summed E-state index contributed by atoms with van der Waals surface area (Å²) in [4.78, 5) is 22.4. The fraction of sp³-hybridized carbons (Fsp3) is 0.333. The number of hydrogen-bond donors (Lipinski definition) is 0. The summed E-state index contributed by atoms with van der Waals surface area (Å²) in [5.74, 6) is 0.0144. The van der Waals surface area contributed by atoms with E-state index in [-0.39, 0.29) is 17.5 Å². The van der Waals surface area contributed by atoms with Crippen molar-refractivity contribution >= 4 is 44.4 Å². The van der Waals surface area contributed by atoms with Crippen LogP contribution in [-0.2, 0) is 4.79 Å². The molecule has 1 amide bonds. The largest absolute Gasteiger partial charge is 0.308 e. The number of nitrogens with zero attached hydrogens (tertiary/aromatic N) is 3. The third kappa shape index (κ3) is 5.10. The van der Waals surface area contributed by atoms with Crippen molar-refractivity contribution in [2.45, 2.75) is 18.7 Å². The van der Waals surface area contributed by atoms with Gasteiger partial charge in [0, 0.05) is 18.0 Å². The van der Waals surface area contributed by atoms with E-state index in [1.54, 1.807) is 28.4 Å². The number of fused-ring (bicyclic) bond motifs is 1. The zero-order valence-corrected chi connectivity index (χ0v) is 18.2. The number of anilines is 1. The van der Waals surface area contributed by atoms with Gasteiger partial charge >= 0.3 is 0 Å². The van der Waals surface area contributed by atoms with Crippen LogP contribution in [0.25, 0.3) is 10.2 Å². The van der Waals surface area contributed by atoms with Crippen molar-refractivity contribution in [1.82, 2.24) is 9.88 Å². The maximum Gasteiger partial charge on any atom is 0.239 e. The van der Waals surface area contributed by atoms with Crippen molar-refractivity contribution in [2.75, 3.05) is 37.8 Å². The van der Waals surface area contributed by atoms with Gasteiger partial charge < -0.3 is 4.90 Å². The molecule has 0 atom stereocenters. The Balaban J connectivity index is 1.82. The molecule has 3 aromatic rings. The Morgan fingerprint density at radius 2 is 1.86 bits per heavy atom. The van der Waals surface area contributed by atoms with Crippen LogP contribution in [0, 0.1) is 19.7 Å². The van der Waals surface area contributed by atoms with E-state index in [2.05, 4.69) is 30.9 Å². The topological polar surface area (TPSA) is 36.4 Å². The molecule has 0 saturated heterocycles. The molecule has 0 fully saturated rings. The lowest BCUT2D eigenvalue weighted by molar-refractivity contribution is -0.116. The van der Waals surface area contributed by atoms with Crippen molar-refractivity contribution in [3.63, 3.8) is 0 Å². The number of thiazole rings is 1. The maximum atomic E-state index is 13.1.